The summed E-state index contributed by atoms with van der Waals surface area (Å²) in [5.74, 6) is 0. The predicted molar refractivity (Wildman–Crippen MR) is 237 cm³/mol. The van der Waals surface area contributed by atoms with Gasteiger partial charge in [0.2, 0.25) is 0 Å². The smallest absolute Gasteiger partial charge is 0.0782 e. The standard InChI is InChI=1S/C52H34N2S/c1-3-13-35(14-4-1)37-15-11-18-43(32-37)53(49-23-12-21-46-44-19-7-9-22-48(44)54(52(46)49)41-16-5-2-6-17-41)42-29-27-36(28-30-42)38-25-26-39-33-47-45-20-8-10-24-50(45)55-51(47)34-40(39)31-38/h1-34H. The lowest BCUT2D eigenvalue weighted by atomic mass is 9.99. The number of anilines is 3. The van der Waals surface area contributed by atoms with E-state index in [1.54, 1.807) is 0 Å². The number of hydrogen-bond acceptors (Lipinski definition) is 2. The molecule has 0 unspecified atom stereocenters. The van der Waals surface area contributed by atoms with Crippen LogP contribution in [0.5, 0.6) is 0 Å². The molecule has 2 nitrogen and oxygen atoms in total. The lowest BCUT2D eigenvalue weighted by molar-refractivity contribution is 1.17. The summed E-state index contributed by atoms with van der Waals surface area (Å²) >= 11 is 1.87. The molecule has 0 N–H and O–H groups in total. The van der Waals surface area contributed by atoms with Crippen molar-refractivity contribution in [2.75, 3.05) is 4.90 Å². The molecule has 11 rings (SSSR count). The Balaban J connectivity index is 1.09. The third-order valence-electron chi connectivity index (χ3n) is 10.9. The normalized spacial score (nSPS) is 11.6. The third kappa shape index (κ3) is 5.32. The molecule has 258 valence electrons. The van der Waals surface area contributed by atoms with E-state index < -0.39 is 0 Å². The number of nitrogens with zero attached hydrogens (tertiary/aromatic N) is 2. The highest BCUT2D eigenvalue weighted by Crippen LogP contribution is 2.45. The van der Waals surface area contributed by atoms with Crippen molar-refractivity contribution in [3.05, 3.63) is 206 Å². The van der Waals surface area contributed by atoms with E-state index in [0.717, 1.165) is 22.7 Å². The van der Waals surface area contributed by atoms with Gasteiger partial charge in [-0.3, -0.25) is 0 Å². The molecule has 9 aromatic carbocycles. The molecule has 0 aliphatic carbocycles. The Morgan fingerprint density at radius 2 is 1.02 bits per heavy atom. The molecular formula is C52H34N2S. The largest absolute Gasteiger partial charge is 0.308 e. The number of hydrogen-bond donors (Lipinski definition) is 0. The summed E-state index contributed by atoms with van der Waals surface area (Å²) < 4.78 is 5.09. The minimum absolute atomic E-state index is 1.10. The van der Waals surface area contributed by atoms with Gasteiger partial charge in [-0.05, 0) is 106 Å². The van der Waals surface area contributed by atoms with E-state index in [2.05, 4.69) is 216 Å². The first-order chi connectivity index (χ1) is 27.3. The predicted octanol–water partition coefficient (Wildman–Crippen LogP) is 15.1. The van der Waals surface area contributed by atoms with Gasteiger partial charge >= 0.3 is 0 Å². The molecule has 0 atom stereocenters. The van der Waals surface area contributed by atoms with Crippen LogP contribution < -0.4 is 4.90 Å². The van der Waals surface area contributed by atoms with E-state index in [-0.39, 0.29) is 0 Å². The first-order valence-electron chi connectivity index (χ1n) is 18.8. The van der Waals surface area contributed by atoms with Gasteiger partial charge in [-0.2, -0.15) is 0 Å². The lowest BCUT2D eigenvalue weighted by Gasteiger charge is -2.28. The van der Waals surface area contributed by atoms with Gasteiger partial charge in [0, 0.05) is 48.0 Å². The van der Waals surface area contributed by atoms with E-state index in [0.29, 0.717) is 0 Å². The molecule has 0 radical (unpaired) electrons. The second-order valence-corrected chi connectivity index (χ2v) is 15.3. The zero-order chi connectivity index (χ0) is 36.3. The van der Waals surface area contributed by atoms with Gasteiger partial charge in [0.25, 0.3) is 0 Å². The highest BCUT2D eigenvalue weighted by molar-refractivity contribution is 7.25. The average molecular weight is 719 g/mol. The van der Waals surface area contributed by atoms with Gasteiger partial charge < -0.3 is 9.47 Å². The molecule has 0 spiro atoms. The molecule has 2 heterocycles. The van der Waals surface area contributed by atoms with Crippen LogP contribution in [0, 0.1) is 0 Å². The number of thiophene rings is 1. The minimum atomic E-state index is 1.10. The van der Waals surface area contributed by atoms with Crippen molar-refractivity contribution in [2.45, 2.75) is 0 Å². The second kappa shape index (κ2) is 12.9. The molecular weight excluding hydrogens is 685 g/mol. The van der Waals surface area contributed by atoms with Crippen LogP contribution in [0.4, 0.5) is 17.1 Å². The van der Waals surface area contributed by atoms with Crippen molar-refractivity contribution < 1.29 is 0 Å². The molecule has 0 aliphatic rings. The van der Waals surface area contributed by atoms with Crippen molar-refractivity contribution in [3.63, 3.8) is 0 Å². The van der Waals surface area contributed by atoms with Gasteiger partial charge in [-0.1, -0.05) is 133 Å². The van der Waals surface area contributed by atoms with Crippen molar-refractivity contribution in [2.24, 2.45) is 0 Å². The fraction of sp³-hybridized carbons (Fsp3) is 0. The second-order valence-electron chi connectivity index (χ2n) is 14.2. The summed E-state index contributed by atoms with van der Waals surface area (Å²) in [5, 5.41) is 7.66. The van der Waals surface area contributed by atoms with E-state index in [9.17, 15) is 0 Å². The van der Waals surface area contributed by atoms with Crippen molar-refractivity contribution >= 4 is 81.1 Å². The first kappa shape index (κ1) is 31.6. The Bertz CT molecular complexity index is 3190. The molecule has 0 aliphatic heterocycles. The summed E-state index contributed by atoms with van der Waals surface area (Å²) in [6, 6.07) is 75.2. The molecule has 2 aromatic heterocycles. The van der Waals surface area contributed by atoms with Crippen LogP contribution in [0.25, 0.3) is 80.7 Å². The summed E-state index contributed by atoms with van der Waals surface area (Å²) in [6.45, 7) is 0. The van der Waals surface area contributed by atoms with Gasteiger partial charge in [0.15, 0.2) is 0 Å². The van der Waals surface area contributed by atoms with Gasteiger partial charge in [-0.15, -0.1) is 11.3 Å². The molecule has 0 saturated carbocycles. The molecule has 11 aromatic rings. The van der Waals surface area contributed by atoms with E-state index in [1.807, 2.05) is 11.3 Å². The Kier molecular flexibility index (Phi) is 7.39. The Morgan fingerprint density at radius 3 is 1.87 bits per heavy atom. The topological polar surface area (TPSA) is 8.17 Å². The number of fused-ring (bicyclic) bond motifs is 7. The van der Waals surface area contributed by atoms with Crippen LogP contribution in [0.3, 0.4) is 0 Å². The summed E-state index contributed by atoms with van der Waals surface area (Å²) in [6.07, 6.45) is 0. The van der Waals surface area contributed by atoms with Crippen LogP contribution in [0.2, 0.25) is 0 Å². The van der Waals surface area contributed by atoms with Crippen molar-refractivity contribution in [1.29, 1.82) is 0 Å². The van der Waals surface area contributed by atoms with E-state index >= 15 is 0 Å². The first-order valence-corrected chi connectivity index (χ1v) is 19.6. The van der Waals surface area contributed by atoms with E-state index in [1.165, 1.54) is 75.0 Å². The summed E-state index contributed by atoms with van der Waals surface area (Å²) in [5.41, 5.74) is 11.6. The maximum Gasteiger partial charge on any atom is 0.0782 e. The molecule has 0 amide bonds. The third-order valence-corrected chi connectivity index (χ3v) is 12.1. The van der Waals surface area contributed by atoms with E-state index in [4.69, 9.17) is 0 Å². The molecule has 0 bridgehead atoms. The molecule has 3 heteroatoms. The quantitative estimate of drug-likeness (QED) is 0.166. The molecule has 55 heavy (non-hydrogen) atoms. The molecule has 0 saturated heterocycles. The minimum Gasteiger partial charge on any atom is -0.308 e. The van der Waals surface area contributed by atoms with Crippen LogP contribution in [0.1, 0.15) is 0 Å². The van der Waals surface area contributed by atoms with Crippen LogP contribution >= 0.6 is 11.3 Å². The Morgan fingerprint density at radius 1 is 0.364 bits per heavy atom. The van der Waals surface area contributed by atoms with Crippen LogP contribution in [0.15, 0.2) is 206 Å². The van der Waals surface area contributed by atoms with Gasteiger partial charge in [0.05, 0.1) is 16.7 Å². The maximum absolute atomic E-state index is 2.43. The molecule has 0 fully saturated rings. The van der Waals surface area contributed by atoms with Gasteiger partial charge in [0.1, 0.15) is 0 Å². The van der Waals surface area contributed by atoms with Gasteiger partial charge in [-0.25, -0.2) is 0 Å². The number of aromatic nitrogens is 1. The maximum atomic E-state index is 2.43. The van der Waals surface area contributed by atoms with Crippen LogP contribution in [-0.4, -0.2) is 4.57 Å². The van der Waals surface area contributed by atoms with Crippen LogP contribution in [-0.2, 0) is 0 Å². The number of para-hydroxylation sites is 3. The SMILES string of the molecule is c1ccc(-c2cccc(N(c3ccc(-c4ccc5cc6c(cc5c4)sc4ccccc46)cc3)c3cccc4c5ccccc5n(-c5ccccc5)c34)c2)cc1. The highest BCUT2D eigenvalue weighted by atomic mass is 32.1. The fourth-order valence-corrected chi connectivity index (χ4v) is 9.50. The zero-order valence-electron chi connectivity index (χ0n) is 29.9. The number of rotatable bonds is 6. The monoisotopic (exact) mass is 718 g/mol. The fourth-order valence-electron chi connectivity index (χ4n) is 8.36. The number of benzene rings is 9. The zero-order valence-corrected chi connectivity index (χ0v) is 30.7. The van der Waals surface area contributed by atoms with Crippen molar-refractivity contribution in [3.8, 4) is 27.9 Å². The summed E-state index contributed by atoms with van der Waals surface area (Å²) in [7, 11) is 0. The highest BCUT2D eigenvalue weighted by Gasteiger charge is 2.22. The summed E-state index contributed by atoms with van der Waals surface area (Å²) in [4.78, 5) is 2.43. The lowest BCUT2D eigenvalue weighted by Crippen LogP contribution is -2.11. The Hall–Kier alpha value is -6.94. The Labute approximate surface area is 323 Å². The average Bonchev–Trinajstić information content (AvgIpc) is 3.79. The van der Waals surface area contributed by atoms with Crippen molar-refractivity contribution in [1.82, 2.24) is 4.57 Å².